The van der Waals surface area contributed by atoms with Gasteiger partial charge in [0, 0.05) is 6.54 Å². The summed E-state index contributed by atoms with van der Waals surface area (Å²) >= 11 is 1.88. The molecule has 0 fully saturated rings. The van der Waals surface area contributed by atoms with E-state index in [0.29, 0.717) is 13.2 Å². The Bertz CT molecular complexity index is 320. The van der Waals surface area contributed by atoms with E-state index in [1.165, 1.54) is 12.2 Å². The number of ether oxygens (including phenoxy) is 2. The maximum Gasteiger partial charge on any atom is 0.161 e. The highest BCUT2D eigenvalue weighted by Gasteiger charge is 2.02. The Labute approximate surface area is 114 Å². The van der Waals surface area contributed by atoms with E-state index in [0.717, 1.165) is 24.6 Å². The molecule has 0 atom stereocenters. The summed E-state index contributed by atoms with van der Waals surface area (Å²) in [6, 6.07) is 7.80. The Morgan fingerprint density at radius 3 is 2.50 bits per heavy atom. The van der Waals surface area contributed by atoms with Crippen molar-refractivity contribution in [2.75, 3.05) is 38.3 Å². The Morgan fingerprint density at radius 1 is 1.11 bits per heavy atom. The summed E-state index contributed by atoms with van der Waals surface area (Å²) in [5, 5.41) is 3.36. The smallest absolute Gasteiger partial charge is 0.161 e. The molecule has 1 rings (SSSR count). The van der Waals surface area contributed by atoms with E-state index in [2.05, 4.69) is 11.6 Å². The van der Waals surface area contributed by atoms with Gasteiger partial charge in [0.05, 0.1) is 6.61 Å². The largest absolute Gasteiger partial charge is 0.490 e. The van der Waals surface area contributed by atoms with Crippen LogP contribution in [0, 0.1) is 0 Å². The molecule has 0 heterocycles. The first-order valence-electron chi connectivity index (χ1n) is 6.42. The van der Waals surface area contributed by atoms with E-state index in [4.69, 9.17) is 9.47 Å². The average Bonchev–Trinajstić information content (AvgIpc) is 2.40. The molecule has 0 saturated carbocycles. The predicted molar refractivity (Wildman–Crippen MR) is 79.0 cm³/mol. The lowest BCUT2D eigenvalue weighted by atomic mass is 10.3. The standard InChI is InChI=1S/C14H23NO2S/c1-3-16-13-7-4-5-8-14(13)17-11-10-15-9-6-12-18-2/h4-5,7-8,15H,3,6,9-12H2,1-2H3. The van der Waals surface area contributed by atoms with Gasteiger partial charge in [0.2, 0.25) is 0 Å². The maximum absolute atomic E-state index is 5.70. The summed E-state index contributed by atoms with van der Waals surface area (Å²) in [7, 11) is 0. The van der Waals surface area contributed by atoms with Crippen molar-refractivity contribution in [1.29, 1.82) is 0 Å². The van der Waals surface area contributed by atoms with E-state index in [1.807, 2.05) is 43.0 Å². The molecule has 0 radical (unpaired) electrons. The van der Waals surface area contributed by atoms with Gasteiger partial charge in [-0.05, 0) is 44.0 Å². The molecule has 0 aliphatic rings. The Kier molecular flexibility index (Phi) is 8.51. The summed E-state index contributed by atoms with van der Waals surface area (Å²) < 4.78 is 11.2. The molecule has 0 aromatic heterocycles. The number of nitrogens with one attached hydrogen (secondary N) is 1. The average molecular weight is 269 g/mol. The number of thioether (sulfide) groups is 1. The third kappa shape index (κ3) is 6.17. The lowest BCUT2D eigenvalue weighted by molar-refractivity contribution is 0.276. The quantitative estimate of drug-likeness (QED) is 0.662. The highest BCUT2D eigenvalue weighted by atomic mass is 32.2. The van der Waals surface area contributed by atoms with Gasteiger partial charge in [-0.3, -0.25) is 0 Å². The number of benzene rings is 1. The zero-order valence-electron chi connectivity index (χ0n) is 11.3. The fourth-order valence-electron chi connectivity index (χ4n) is 1.54. The summed E-state index contributed by atoms with van der Waals surface area (Å²) in [5.41, 5.74) is 0. The molecular weight excluding hydrogens is 246 g/mol. The molecule has 1 aromatic carbocycles. The molecule has 102 valence electrons. The molecule has 0 saturated heterocycles. The van der Waals surface area contributed by atoms with Gasteiger partial charge in [0.25, 0.3) is 0 Å². The van der Waals surface area contributed by atoms with E-state index >= 15 is 0 Å². The van der Waals surface area contributed by atoms with Gasteiger partial charge >= 0.3 is 0 Å². The third-order valence-electron chi connectivity index (χ3n) is 2.39. The molecule has 0 aliphatic carbocycles. The topological polar surface area (TPSA) is 30.5 Å². The van der Waals surface area contributed by atoms with Gasteiger partial charge in [-0.25, -0.2) is 0 Å². The van der Waals surface area contributed by atoms with Crippen LogP contribution in [0.3, 0.4) is 0 Å². The summed E-state index contributed by atoms with van der Waals surface area (Å²) in [4.78, 5) is 0. The summed E-state index contributed by atoms with van der Waals surface area (Å²) in [5.74, 6) is 2.86. The lowest BCUT2D eigenvalue weighted by Crippen LogP contribution is -2.22. The van der Waals surface area contributed by atoms with Crippen LogP contribution >= 0.6 is 11.8 Å². The van der Waals surface area contributed by atoms with Crippen molar-refractivity contribution in [3.8, 4) is 11.5 Å². The first-order valence-corrected chi connectivity index (χ1v) is 7.82. The van der Waals surface area contributed by atoms with Gasteiger partial charge in [-0.15, -0.1) is 0 Å². The number of rotatable bonds is 10. The molecule has 0 unspecified atom stereocenters. The highest BCUT2D eigenvalue weighted by Crippen LogP contribution is 2.25. The molecule has 18 heavy (non-hydrogen) atoms. The molecule has 0 aliphatic heterocycles. The molecule has 4 heteroatoms. The van der Waals surface area contributed by atoms with Crippen LogP contribution in [-0.4, -0.2) is 38.3 Å². The van der Waals surface area contributed by atoms with E-state index in [-0.39, 0.29) is 0 Å². The van der Waals surface area contributed by atoms with Crippen molar-refractivity contribution in [2.45, 2.75) is 13.3 Å². The van der Waals surface area contributed by atoms with Crippen LogP contribution < -0.4 is 14.8 Å². The predicted octanol–water partition coefficient (Wildman–Crippen LogP) is 2.81. The van der Waals surface area contributed by atoms with Crippen LogP contribution in [-0.2, 0) is 0 Å². The van der Waals surface area contributed by atoms with Crippen LogP contribution in [0.15, 0.2) is 24.3 Å². The molecule has 1 aromatic rings. The number of hydrogen-bond donors (Lipinski definition) is 1. The van der Waals surface area contributed by atoms with Crippen LogP contribution in [0.5, 0.6) is 11.5 Å². The Hall–Kier alpha value is -0.870. The van der Waals surface area contributed by atoms with Crippen molar-refractivity contribution in [3.63, 3.8) is 0 Å². The lowest BCUT2D eigenvalue weighted by Gasteiger charge is -2.11. The Balaban J connectivity index is 2.18. The Morgan fingerprint density at radius 2 is 1.83 bits per heavy atom. The van der Waals surface area contributed by atoms with Crippen molar-refractivity contribution >= 4 is 11.8 Å². The molecule has 0 spiro atoms. The normalized spacial score (nSPS) is 10.3. The van der Waals surface area contributed by atoms with Gasteiger partial charge in [-0.1, -0.05) is 12.1 Å². The highest BCUT2D eigenvalue weighted by molar-refractivity contribution is 7.98. The minimum atomic E-state index is 0.660. The van der Waals surface area contributed by atoms with E-state index < -0.39 is 0 Å². The van der Waals surface area contributed by atoms with Crippen molar-refractivity contribution in [3.05, 3.63) is 24.3 Å². The van der Waals surface area contributed by atoms with E-state index in [1.54, 1.807) is 0 Å². The second-order valence-corrected chi connectivity index (χ2v) is 4.81. The fourth-order valence-corrected chi connectivity index (χ4v) is 1.98. The van der Waals surface area contributed by atoms with Crippen LogP contribution in [0.4, 0.5) is 0 Å². The minimum absolute atomic E-state index is 0.660. The zero-order valence-corrected chi connectivity index (χ0v) is 12.1. The third-order valence-corrected chi connectivity index (χ3v) is 3.08. The van der Waals surface area contributed by atoms with E-state index in [9.17, 15) is 0 Å². The van der Waals surface area contributed by atoms with Gasteiger partial charge in [0.15, 0.2) is 11.5 Å². The molecular formula is C14H23NO2S. The minimum Gasteiger partial charge on any atom is -0.490 e. The SMILES string of the molecule is CCOc1ccccc1OCCNCCCSC. The number of hydrogen-bond acceptors (Lipinski definition) is 4. The monoisotopic (exact) mass is 269 g/mol. The van der Waals surface area contributed by atoms with Crippen LogP contribution in [0.25, 0.3) is 0 Å². The summed E-state index contributed by atoms with van der Waals surface area (Å²) in [6.07, 6.45) is 3.34. The second kappa shape index (κ2) is 10.1. The molecule has 0 bridgehead atoms. The summed E-state index contributed by atoms with van der Waals surface area (Å²) in [6.45, 7) is 5.23. The molecule has 3 nitrogen and oxygen atoms in total. The van der Waals surface area contributed by atoms with Crippen molar-refractivity contribution in [2.24, 2.45) is 0 Å². The maximum atomic E-state index is 5.70. The first-order chi connectivity index (χ1) is 8.88. The fraction of sp³-hybridized carbons (Fsp3) is 0.571. The van der Waals surface area contributed by atoms with Crippen molar-refractivity contribution in [1.82, 2.24) is 5.32 Å². The van der Waals surface area contributed by atoms with Gasteiger partial charge in [-0.2, -0.15) is 11.8 Å². The van der Waals surface area contributed by atoms with Gasteiger partial charge in [0.1, 0.15) is 6.61 Å². The van der Waals surface area contributed by atoms with Crippen LogP contribution in [0.1, 0.15) is 13.3 Å². The zero-order chi connectivity index (χ0) is 13.1. The van der Waals surface area contributed by atoms with Crippen LogP contribution in [0.2, 0.25) is 0 Å². The molecule has 0 amide bonds. The van der Waals surface area contributed by atoms with Crippen molar-refractivity contribution < 1.29 is 9.47 Å². The first kappa shape index (κ1) is 15.2. The van der Waals surface area contributed by atoms with Gasteiger partial charge < -0.3 is 14.8 Å². The second-order valence-electron chi connectivity index (χ2n) is 3.82. The number of para-hydroxylation sites is 2. The molecule has 1 N–H and O–H groups in total.